The Labute approximate surface area is 310 Å². The van der Waals surface area contributed by atoms with Crippen molar-refractivity contribution in [2.45, 2.75) is 115 Å². The molecule has 53 heavy (non-hydrogen) atoms. The highest BCUT2D eigenvalue weighted by molar-refractivity contribution is 6.00. The van der Waals surface area contributed by atoms with Crippen LogP contribution in [0.25, 0.3) is 11.3 Å². The fraction of sp³-hybridized carbons (Fsp3) is 0.692. The molecule has 1 aliphatic carbocycles. The lowest BCUT2D eigenvalue weighted by Crippen LogP contribution is -2.63. The molecule has 294 valence electrons. The largest absolute Gasteiger partial charge is 0.497 e. The van der Waals surface area contributed by atoms with Crippen molar-refractivity contribution in [2.24, 2.45) is 11.8 Å². The molecule has 1 N–H and O–H groups in total. The van der Waals surface area contributed by atoms with Crippen LogP contribution < -0.4 is 4.74 Å². The van der Waals surface area contributed by atoms with Gasteiger partial charge in [0.05, 0.1) is 7.11 Å². The average Bonchev–Trinajstić information content (AvgIpc) is 3.53. The number of hydrogen-bond donors (Lipinski definition) is 1. The topological polar surface area (TPSA) is 126 Å². The number of halogens is 3. The summed E-state index contributed by atoms with van der Waals surface area (Å²) in [6.45, 7) is 11.4. The van der Waals surface area contributed by atoms with Crippen molar-refractivity contribution in [1.82, 2.24) is 19.9 Å². The molecule has 1 aromatic heterocycles. The smallest absolute Gasteiger partial charge is 0.490 e. The highest BCUT2D eigenvalue weighted by atomic mass is 19.4. The van der Waals surface area contributed by atoms with E-state index in [2.05, 4.69) is 28.8 Å². The number of ether oxygens (including phenoxy) is 2. The second-order valence-electron chi connectivity index (χ2n) is 15.5. The Morgan fingerprint density at radius 3 is 2.21 bits per heavy atom. The lowest BCUT2D eigenvalue weighted by atomic mass is 9.74. The minimum absolute atomic E-state index is 0.00546. The van der Waals surface area contributed by atoms with Gasteiger partial charge >= 0.3 is 18.2 Å². The molecular weight excluding hydrogens is 693 g/mol. The molecule has 1 saturated carbocycles. The molecule has 3 saturated heterocycles. The summed E-state index contributed by atoms with van der Waals surface area (Å²) in [5.41, 5.74) is 1.62. The Bertz CT molecular complexity index is 1540. The van der Waals surface area contributed by atoms with E-state index in [-0.39, 0.29) is 23.1 Å². The van der Waals surface area contributed by atoms with Crippen molar-refractivity contribution in [1.29, 1.82) is 0 Å². The van der Waals surface area contributed by atoms with Crippen molar-refractivity contribution >= 4 is 18.0 Å². The van der Waals surface area contributed by atoms with Crippen LogP contribution >= 0.6 is 0 Å². The Balaban J connectivity index is 0.000000705. The monoisotopic (exact) mass is 748 g/mol. The van der Waals surface area contributed by atoms with Gasteiger partial charge in [-0.1, -0.05) is 44.2 Å². The lowest BCUT2D eigenvalue weighted by Gasteiger charge is -2.55. The van der Waals surface area contributed by atoms with E-state index in [4.69, 9.17) is 23.9 Å². The second-order valence-corrected chi connectivity index (χ2v) is 15.5. The van der Waals surface area contributed by atoms with E-state index < -0.39 is 12.1 Å². The molecule has 11 nitrogen and oxygen atoms in total. The van der Waals surface area contributed by atoms with Gasteiger partial charge in [-0.15, -0.1) is 0 Å². The number of unbranched alkanes of at least 4 members (excludes halogenated alkanes) is 1. The summed E-state index contributed by atoms with van der Waals surface area (Å²) in [6.07, 6.45) is 8.32. The van der Waals surface area contributed by atoms with Gasteiger partial charge in [0.25, 0.3) is 5.91 Å². The molecule has 1 atom stereocenters. The van der Waals surface area contributed by atoms with Crippen LogP contribution in [0.4, 0.5) is 18.0 Å². The summed E-state index contributed by atoms with van der Waals surface area (Å²) in [5, 5.41) is 11.4. The number of carboxylic acids is 1. The summed E-state index contributed by atoms with van der Waals surface area (Å²) in [4.78, 5) is 42.8. The molecule has 0 bridgehead atoms. The summed E-state index contributed by atoms with van der Waals surface area (Å²) in [7, 11) is 1.64. The molecule has 1 aromatic carbocycles. The SMILES string of the molecule is CCCCC1CN(CC2CCCCC2)C(=O)OC12CCN(C1(C)CCN(C(=O)c3c(-c4ccc(OC)cc4)noc3C)CC1)CC2.O=C(O)C(F)(F)F. The van der Waals surface area contributed by atoms with E-state index in [0.29, 0.717) is 41.9 Å². The van der Waals surface area contributed by atoms with Crippen LogP contribution in [0.1, 0.15) is 107 Å². The first-order chi connectivity index (χ1) is 25.2. The third-order valence-corrected chi connectivity index (χ3v) is 12.0. The van der Waals surface area contributed by atoms with Crippen molar-refractivity contribution < 1.29 is 46.7 Å². The van der Waals surface area contributed by atoms with E-state index in [0.717, 1.165) is 69.6 Å². The van der Waals surface area contributed by atoms with Crippen molar-refractivity contribution in [3.63, 3.8) is 0 Å². The summed E-state index contributed by atoms with van der Waals surface area (Å²) in [6, 6.07) is 7.56. The minimum atomic E-state index is -5.08. The molecule has 1 unspecified atom stereocenters. The number of amides is 2. The van der Waals surface area contributed by atoms with Gasteiger partial charge in [0.15, 0.2) is 0 Å². The van der Waals surface area contributed by atoms with Crippen molar-refractivity contribution in [2.75, 3.05) is 46.4 Å². The second kappa shape index (κ2) is 17.1. The number of hydrogen-bond acceptors (Lipinski definition) is 8. The number of carbonyl (C=O) groups excluding carboxylic acids is 2. The predicted octanol–water partition coefficient (Wildman–Crippen LogP) is 7.96. The van der Waals surface area contributed by atoms with Crippen LogP contribution in [0.15, 0.2) is 28.8 Å². The van der Waals surface area contributed by atoms with E-state index >= 15 is 0 Å². The number of aromatic nitrogens is 1. The first kappa shape index (κ1) is 40.4. The Morgan fingerprint density at radius 2 is 1.64 bits per heavy atom. The minimum Gasteiger partial charge on any atom is -0.497 e. The van der Waals surface area contributed by atoms with Gasteiger partial charge in [0, 0.05) is 69.1 Å². The van der Waals surface area contributed by atoms with Crippen LogP contribution in [0.5, 0.6) is 5.75 Å². The number of carboxylic acid groups (broad SMARTS) is 1. The van der Waals surface area contributed by atoms with Crippen LogP contribution in [0, 0.1) is 18.8 Å². The molecule has 4 aliphatic rings. The van der Waals surface area contributed by atoms with Gasteiger partial charge in [-0.25, -0.2) is 9.59 Å². The van der Waals surface area contributed by atoms with Crippen LogP contribution in [-0.2, 0) is 9.53 Å². The molecule has 1 spiro atoms. The number of benzene rings is 1. The van der Waals surface area contributed by atoms with Gasteiger partial charge in [-0.05, 0) is 76.1 Å². The zero-order valence-electron chi connectivity index (χ0n) is 31.5. The zero-order valence-corrected chi connectivity index (χ0v) is 31.5. The average molecular weight is 749 g/mol. The normalized spacial score (nSPS) is 22.2. The van der Waals surface area contributed by atoms with E-state index in [9.17, 15) is 22.8 Å². The van der Waals surface area contributed by atoms with Gasteiger partial charge in [0.2, 0.25) is 0 Å². The molecule has 0 radical (unpaired) electrons. The number of likely N-dealkylation sites (tertiary alicyclic amines) is 2. The first-order valence-electron chi connectivity index (χ1n) is 19.1. The molecule has 2 aromatic rings. The van der Waals surface area contributed by atoms with Crippen molar-refractivity contribution in [3.8, 4) is 17.0 Å². The first-order valence-corrected chi connectivity index (χ1v) is 19.1. The quantitative estimate of drug-likeness (QED) is 0.272. The summed E-state index contributed by atoms with van der Waals surface area (Å²) < 4.78 is 49.0. The van der Waals surface area contributed by atoms with Crippen LogP contribution in [-0.4, -0.2) is 107 Å². The Morgan fingerprint density at radius 1 is 1.02 bits per heavy atom. The number of aliphatic carboxylic acids is 1. The number of alkyl halides is 3. The number of rotatable bonds is 9. The highest BCUT2D eigenvalue weighted by Crippen LogP contribution is 2.44. The molecule has 14 heteroatoms. The maximum Gasteiger partial charge on any atom is 0.490 e. The standard InChI is InChI=1S/C37H54N4O5.C2HF3O2/c1-5-6-12-30-26-40(25-28-10-8-7-9-11-28)35(43)45-37(30)19-23-41(24-20-37)36(3)17-21-39(22-18-36)34(42)32-27(2)46-38-33(32)29-13-15-31(44-4)16-14-29;3-2(4,5)1(6)7/h13-16,28,30H,5-12,17-26H2,1-4H3;(H,6,7). The third kappa shape index (κ3) is 9.47. The Hall–Kier alpha value is -3.81. The van der Waals surface area contributed by atoms with Gasteiger partial charge < -0.3 is 28.9 Å². The maximum atomic E-state index is 13.8. The molecule has 2 amide bonds. The van der Waals surface area contributed by atoms with Gasteiger partial charge in [-0.3, -0.25) is 9.69 Å². The van der Waals surface area contributed by atoms with E-state index in [1.807, 2.05) is 36.1 Å². The number of nitrogens with zero attached hydrogens (tertiary/aromatic N) is 4. The molecule has 4 fully saturated rings. The van der Waals surface area contributed by atoms with Gasteiger partial charge in [0.1, 0.15) is 28.4 Å². The Kier molecular flexibility index (Phi) is 13.0. The molecule has 4 heterocycles. The number of methoxy groups -OCH3 is 1. The fourth-order valence-electron chi connectivity index (χ4n) is 8.64. The van der Waals surface area contributed by atoms with Crippen LogP contribution in [0.3, 0.4) is 0 Å². The number of aryl methyl sites for hydroxylation is 1. The lowest BCUT2D eigenvalue weighted by molar-refractivity contribution is -0.192. The van der Waals surface area contributed by atoms with E-state index in [1.54, 1.807) is 7.11 Å². The molecule has 6 rings (SSSR count). The third-order valence-electron chi connectivity index (χ3n) is 12.0. The predicted molar refractivity (Wildman–Crippen MR) is 192 cm³/mol. The summed E-state index contributed by atoms with van der Waals surface area (Å²) in [5.74, 6) is -0.449. The number of carbonyl (C=O) groups is 3. The molecule has 3 aliphatic heterocycles. The maximum absolute atomic E-state index is 13.8. The fourth-order valence-corrected chi connectivity index (χ4v) is 8.64. The van der Waals surface area contributed by atoms with Crippen LogP contribution in [0.2, 0.25) is 0 Å². The molecular formula is C39H55F3N4O7. The number of piperidine rings is 2. The van der Waals surface area contributed by atoms with Gasteiger partial charge in [-0.2, -0.15) is 13.2 Å². The summed E-state index contributed by atoms with van der Waals surface area (Å²) >= 11 is 0. The van der Waals surface area contributed by atoms with Crippen molar-refractivity contribution in [3.05, 3.63) is 35.6 Å². The highest BCUT2D eigenvalue weighted by Gasteiger charge is 2.52. The van der Waals surface area contributed by atoms with E-state index in [1.165, 1.54) is 44.9 Å². The zero-order chi connectivity index (χ0) is 38.4.